The molecule has 0 aliphatic carbocycles. The van der Waals surface area contributed by atoms with Crippen LogP contribution in [0, 0.1) is 5.92 Å². The molecule has 0 spiro atoms. The van der Waals surface area contributed by atoms with E-state index in [9.17, 15) is 9.59 Å². The maximum atomic E-state index is 11.7. The number of H-pyrrole nitrogens is 1. The largest absolute Gasteiger partial charge is 0.368 e. The van der Waals surface area contributed by atoms with E-state index in [0.29, 0.717) is 24.3 Å². The highest BCUT2D eigenvalue weighted by molar-refractivity contribution is 5.90. The molecule has 1 heterocycles. The lowest BCUT2D eigenvalue weighted by atomic mass is 10.1. The minimum Gasteiger partial charge on any atom is -0.368 e. The van der Waals surface area contributed by atoms with Crippen molar-refractivity contribution in [2.24, 2.45) is 5.92 Å². The number of rotatable bonds is 7. The van der Waals surface area contributed by atoms with E-state index in [1.807, 2.05) is 32.0 Å². The second kappa shape index (κ2) is 7.59. The number of aromatic nitrogens is 2. The molecule has 2 aromatic rings. The first-order chi connectivity index (χ1) is 10.6. The third-order valence-electron chi connectivity index (χ3n) is 3.70. The van der Waals surface area contributed by atoms with Crippen molar-refractivity contribution in [2.75, 3.05) is 18.4 Å². The van der Waals surface area contributed by atoms with E-state index < -0.39 is 0 Å². The Morgan fingerprint density at radius 3 is 2.73 bits per heavy atom. The summed E-state index contributed by atoms with van der Waals surface area (Å²) in [4.78, 5) is 23.3. The van der Waals surface area contributed by atoms with E-state index in [1.165, 1.54) is 0 Å². The summed E-state index contributed by atoms with van der Waals surface area (Å²) in [5.74, 6) is 0.802. The molecule has 0 radical (unpaired) electrons. The summed E-state index contributed by atoms with van der Waals surface area (Å²) in [5, 5.41) is 14.1. The third kappa shape index (κ3) is 3.84. The van der Waals surface area contributed by atoms with Crippen molar-refractivity contribution in [1.82, 2.24) is 15.5 Å². The molecular weight excluding hydrogens is 280 g/mol. The summed E-state index contributed by atoms with van der Waals surface area (Å²) in [6.07, 6.45) is 1.63. The first-order valence-corrected chi connectivity index (χ1v) is 7.62. The fourth-order valence-electron chi connectivity index (χ4n) is 2.12. The van der Waals surface area contributed by atoms with Gasteiger partial charge in [0.1, 0.15) is 0 Å². The average Bonchev–Trinajstić information content (AvgIpc) is 2.55. The summed E-state index contributed by atoms with van der Waals surface area (Å²) >= 11 is 0. The van der Waals surface area contributed by atoms with Gasteiger partial charge >= 0.3 is 0 Å². The quantitative estimate of drug-likeness (QED) is 0.682. The van der Waals surface area contributed by atoms with Gasteiger partial charge in [-0.2, -0.15) is 5.10 Å². The van der Waals surface area contributed by atoms with Gasteiger partial charge in [-0.15, -0.1) is 0 Å². The summed E-state index contributed by atoms with van der Waals surface area (Å²) in [5.41, 5.74) is -0.193. The van der Waals surface area contributed by atoms with Gasteiger partial charge in [0.25, 0.3) is 5.56 Å². The van der Waals surface area contributed by atoms with Crippen LogP contribution in [0.3, 0.4) is 0 Å². The fourth-order valence-corrected chi connectivity index (χ4v) is 2.12. The molecule has 1 unspecified atom stereocenters. The highest BCUT2D eigenvalue weighted by Crippen LogP contribution is 2.16. The van der Waals surface area contributed by atoms with Crippen LogP contribution in [0.2, 0.25) is 0 Å². The standard InChI is InChI=1S/C16H22N4O2/c1-3-11(2)15(21)18-10-6-9-17-14-12-7-4-5-8-13(12)16(22)20-19-14/h4-5,7-8,11H,3,6,9-10H2,1-2H3,(H,17,19)(H,18,21)(H,20,22). The maximum Gasteiger partial charge on any atom is 0.272 e. The van der Waals surface area contributed by atoms with Crippen molar-refractivity contribution in [3.63, 3.8) is 0 Å². The first-order valence-electron chi connectivity index (χ1n) is 7.62. The molecule has 0 aliphatic rings. The second-order valence-corrected chi connectivity index (χ2v) is 5.33. The highest BCUT2D eigenvalue weighted by atomic mass is 16.1. The van der Waals surface area contributed by atoms with Crippen molar-refractivity contribution in [1.29, 1.82) is 0 Å². The van der Waals surface area contributed by atoms with Crippen molar-refractivity contribution in [2.45, 2.75) is 26.7 Å². The molecule has 0 bridgehead atoms. The zero-order valence-corrected chi connectivity index (χ0v) is 13.0. The molecule has 22 heavy (non-hydrogen) atoms. The van der Waals surface area contributed by atoms with E-state index in [2.05, 4.69) is 20.8 Å². The average molecular weight is 302 g/mol. The summed E-state index contributed by atoms with van der Waals surface area (Å²) in [7, 11) is 0. The zero-order valence-electron chi connectivity index (χ0n) is 13.0. The topological polar surface area (TPSA) is 86.9 Å². The molecule has 6 heteroatoms. The predicted molar refractivity (Wildman–Crippen MR) is 87.9 cm³/mol. The lowest BCUT2D eigenvalue weighted by molar-refractivity contribution is -0.124. The van der Waals surface area contributed by atoms with Crippen LogP contribution >= 0.6 is 0 Å². The smallest absolute Gasteiger partial charge is 0.272 e. The normalized spacial score (nSPS) is 12.1. The van der Waals surface area contributed by atoms with Gasteiger partial charge in [-0.3, -0.25) is 9.59 Å². The number of amides is 1. The van der Waals surface area contributed by atoms with Gasteiger partial charge in [-0.25, -0.2) is 5.10 Å². The van der Waals surface area contributed by atoms with Gasteiger partial charge in [-0.1, -0.05) is 32.0 Å². The first kappa shape index (κ1) is 16.0. The van der Waals surface area contributed by atoms with Crippen molar-refractivity contribution in [3.8, 4) is 0 Å². The number of nitrogens with zero attached hydrogens (tertiary/aromatic N) is 1. The molecule has 0 saturated carbocycles. The maximum absolute atomic E-state index is 11.7. The molecule has 0 aliphatic heterocycles. The molecule has 1 aromatic heterocycles. The van der Waals surface area contributed by atoms with Gasteiger partial charge in [0, 0.05) is 24.4 Å². The number of carbonyl (C=O) groups excluding carboxylic acids is 1. The Balaban J connectivity index is 1.87. The molecule has 0 saturated heterocycles. The minimum absolute atomic E-state index is 0.0535. The van der Waals surface area contributed by atoms with Gasteiger partial charge in [-0.05, 0) is 18.9 Å². The number of nitrogens with one attached hydrogen (secondary N) is 3. The molecule has 1 atom stereocenters. The molecular formula is C16H22N4O2. The number of benzene rings is 1. The predicted octanol–water partition coefficient (Wildman–Crippen LogP) is 1.89. The summed E-state index contributed by atoms with van der Waals surface area (Å²) in [6, 6.07) is 7.34. The van der Waals surface area contributed by atoms with Crippen LogP contribution in [0.5, 0.6) is 0 Å². The zero-order chi connectivity index (χ0) is 15.9. The van der Waals surface area contributed by atoms with Crippen LogP contribution in [0.25, 0.3) is 10.8 Å². The van der Waals surface area contributed by atoms with E-state index in [0.717, 1.165) is 18.2 Å². The summed E-state index contributed by atoms with van der Waals surface area (Å²) in [6.45, 7) is 5.21. The SMILES string of the molecule is CCC(C)C(=O)NCCCNc1n[nH]c(=O)c2ccccc12. The molecule has 2 rings (SSSR count). The van der Waals surface area contributed by atoms with Crippen LogP contribution in [0.15, 0.2) is 29.1 Å². The van der Waals surface area contributed by atoms with Gasteiger partial charge in [0.15, 0.2) is 5.82 Å². The highest BCUT2D eigenvalue weighted by Gasteiger charge is 2.09. The van der Waals surface area contributed by atoms with E-state index in [1.54, 1.807) is 6.07 Å². The fraction of sp³-hybridized carbons (Fsp3) is 0.438. The van der Waals surface area contributed by atoms with Gasteiger partial charge in [0.2, 0.25) is 5.91 Å². The second-order valence-electron chi connectivity index (χ2n) is 5.33. The monoisotopic (exact) mass is 302 g/mol. The molecule has 3 N–H and O–H groups in total. The van der Waals surface area contributed by atoms with Gasteiger partial charge < -0.3 is 10.6 Å². The lowest BCUT2D eigenvalue weighted by Crippen LogP contribution is -2.30. The molecule has 1 aromatic carbocycles. The minimum atomic E-state index is -0.193. The van der Waals surface area contributed by atoms with Crippen LogP contribution in [-0.4, -0.2) is 29.2 Å². The lowest BCUT2D eigenvalue weighted by Gasteiger charge is -2.11. The molecule has 118 valence electrons. The summed E-state index contributed by atoms with van der Waals surface area (Å²) < 4.78 is 0. The number of hydrogen-bond donors (Lipinski definition) is 3. The van der Waals surface area contributed by atoms with Crippen LogP contribution < -0.4 is 16.2 Å². The van der Waals surface area contributed by atoms with E-state index in [-0.39, 0.29) is 17.4 Å². The Bertz CT molecular complexity index is 696. The Labute approximate surface area is 129 Å². The third-order valence-corrected chi connectivity index (χ3v) is 3.70. The number of carbonyl (C=O) groups is 1. The molecule has 6 nitrogen and oxygen atoms in total. The van der Waals surface area contributed by atoms with E-state index >= 15 is 0 Å². The van der Waals surface area contributed by atoms with Crippen LogP contribution in [-0.2, 0) is 4.79 Å². The molecule has 0 fully saturated rings. The number of anilines is 1. The Hall–Kier alpha value is -2.37. The van der Waals surface area contributed by atoms with Crippen LogP contribution in [0.1, 0.15) is 26.7 Å². The van der Waals surface area contributed by atoms with E-state index in [4.69, 9.17) is 0 Å². The number of fused-ring (bicyclic) bond motifs is 1. The number of hydrogen-bond acceptors (Lipinski definition) is 4. The Morgan fingerprint density at radius 2 is 2.00 bits per heavy atom. The van der Waals surface area contributed by atoms with Crippen molar-refractivity contribution < 1.29 is 4.79 Å². The van der Waals surface area contributed by atoms with Gasteiger partial charge in [0.05, 0.1) is 5.39 Å². The van der Waals surface area contributed by atoms with Crippen molar-refractivity contribution in [3.05, 3.63) is 34.6 Å². The number of aromatic amines is 1. The Kier molecular flexibility index (Phi) is 5.52. The Morgan fingerprint density at radius 1 is 1.27 bits per heavy atom. The van der Waals surface area contributed by atoms with Crippen molar-refractivity contribution >= 4 is 22.5 Å². The molecule has 1 amide bonds. The van der Waals surface area contributed by atoms with Crippen LogP contribution in [0.4, 0.5) is 5.82 Å².